The molecule has 0 unspecified atom stereocenters. The van der Waals surface area contributed by atoms with Crippen LogP contribution in [0.25, 0.3) is 0 Å². The number of hydrogen-bond acceptors (Lipinski definition) is 5. The summed E-state index contributed by atoms with van der Waals surface area (Å²) in [7, 11) is -4.12. The Kier molecular flexibility index (Phi) is 4.45. The Hall–Kier alpha value is -1.71. The van der Waals surface area contributed by atoms with Gasteiger partial charge in [-0.2, -0.15) is 0 Å². The van der Waals surface area contributed by atoms with Crippen LogP contribution in [0.5, 0.6) is 0 Å². The number of pyridine rings is 1. The first-order chi connectivity index (χ1) is 9.79. The van der Waals surface area contributed by atoms with Crippen LogP contribution in [0, 0.1) is 10.1 Å². The van der Waals surface area contributed by atoms with Crippen LogP contribution in [0.1, 0.15) is 0 Å². The summed E-state index contributed by atoms with van der Waals surface area (Å²) < 4.78 is 27.2. The number of nitro benzene ring substituents is 1. The number of nitrogens with one attached hydrogen (secondary N) is 1. The smallest absolute Gasteiger partial charge is 0.278 e. The second-order valence-corrected chi connectivity index (χ2v) is 6.74. The van der Waals surface area contributed by atoms with E-state index < -0.39 is 25.5 Å². The van der Waals surface area contributed by atoms with E-state index in [0.29, 0.717) is 4.60 Å². The lowest BCUT2D eigenvalue weighted by Crippen LogP contribution is -2.14. The zero-order valence-electron chi connectivity index (χ0n) is 10.2. The zero-order valence-corrected chi connectivity index (χ0v) is 13.3. The van der Waals surface area contributed by atoms with Crippen molar-refractivity contribution in [3.63, 3.8) is 0 Å². The molecule has 1 aromatic carbocycles. The average Bonchev–Trinajstić information content (AvgIpc) is 2.40. The summed E-state index contributed by atoms with van der Waals surface area (Å²) in [5.41, 5.74) is -0.414. The minimum absolute atomic E-state index is 0.0750. The third-order valence-corrected chi connectivity index (χ3v) is 4.52. The molecule has 21 heavy (non-hydrogen) atoms. The number of nitro groups is 1. The van der Waals surface area contributed by atoms with Gasteiger partial charge in [0, 0.05) is 11.1 Å². The molecule has 0 aliphatic rings. The standard InChI is InChI=1S/C11H7BrClN3O4S/c12-11-4-2-8(6-14-11)15-21(19,20)10-3-1-7(13)5-9(10)16(17)18/h1-6,15H. The first kappa shape index (κ1) is 15.7. The van der Waals surface area contributed by atoms with Gasteiger partial charge in [-0.05, 0) is 40.2 Å². The van der Waals surface area contributed by atoms with Crippen molar-refractivity contribution in [2.45, 2.75) is 4.90 Å². The van der Waals surface area contributed by atoms with Crippen molar-refractivity contribution < 1.29 is 13.3 Å². The Balaban J connectivity index is 2.44. The van der Waals surface area contributed by atoms with Crippen LogP contribution in [0.3, 0.4) is 0 Å². The largest absolute Gasteiger partial charge is 0.291 e. The molecule has 0 atom stereocenters. The summed E-state index contributed by atoms with van der Waals surface area (Å²) in [5.74, 6) is 0. The molecule has 10 heteroatoms. The molecular formula is C11H7BrClN3O4S. The fourth-order valence-corrected chi connectivity index (χ4v) is 3.10. The fraction of sp³-hybridized carbons (Fsp3) is 0. The SMILES string of the molecule is O=[N+]([O-])c1cc(Cl)ccc1S(=O)(=O)Nc1ccc(Br)nc1. The van der Waals surface area contributed by atoms with E-state index in [4.69, 9.17) is 11.6 Å². The molecule has 0 fully saturated rings. The molecule has 110 valence electrons. The molecule has 1 N–H and O–H groups in total. The third-order valence-electron chi connectivity index (χ3n) is 2.39. The molecule has 7 nitrogen and oxygen atoms in total. The van der Waals surface area contributed by atoms with Crippen LogP contribution >= 0.6 is 27.5 Å². The topological polar surface area (TPSA) is 102 Å². The van der Waals surface area contributed by atoms with Gasteiger partial charge in [0.05, 0.1) is 16.8 Å². The zero-order chi connectivity index (χ0) is 15.6. The first-order valence-corrected chi connectivity index (χ1v) is 8.03. The van der Waals surface area contributed by atoms with Crippen LogP contribution in [0.4, 0.5) is 11.4 Å². The van der Waals surface area contributed by atoms with Gasteiger partial charge in [-0.3, -0.25) is 14.8 Å². The van der Waals surface area contributed by atoms with Crippen molar-refractivity contribution >= 4 is 48.9 Å². The van der Waals surface area contributed by atoms with E-state index in [1.807, 2.05) is 0 Å². The van der Waals surface area contributed by atoms with Crippen molar-refractivity contribution in [2.24, 2.45) is 0 Å². The molecule has 1 aromatic heterocycles. The number of aromatic nitrogens is 1. The van der Waals surface area contributed by atoms with Crippen LogP contribution in [-0.4, -0.2) is 18.3 Å². The summed E-state index contributed by atoms with van der Waals surface area (Å²) in [6.45, 7) is 0. The fourth-order valence-electron chi connectivity index (χ4n) is 1.51. The summed E-state index contributed by atoms with van der Waals surface area (Å²) in [6, 6.07) is 6.33. The van der Waals surface area contributed by atoms with Gasteiger partial charge in [0.25, 0.3) is 15.7 Å². The molecule has 1 heterocycles. The Morgan fingerprint density at radius 2 is 2.00 bits per heavy atom. The highest BCUT2D eigenvalue weighted by Gasteiger charge is 2.26. The van der Waals surface area contributed by atoms with Crippen LogP contribution in [-0.2, 0) is 10.0 Å². The Morgan fingerprint density at radius 1 is 1.29 bits per heavy atom. The van der Waals surface area contributed by atoms with Gasteiger partial charge in [-0.1, -0.05) is 11.6 Å². The van der Waals surface area contributed by atoms with Gasteiger partial charge in [0.15, 0.2) is 4.90 Å². The molecule has 0 radical (unpaired) electrons. The van der Waals surface area contributed by atoms with E-state index >= 15 is 0 Å². The van der Waals surface area contributed by atoms with Gasteiger partial charge in [0.2, 0.25) is 0 Å². The highest BCUT2D eigenvalue weighted by molar-refractivity contribution is 9.10. The number of benzene rings is 1. The molecule has 0 amide bonds. The van der Waals surface area contributed by atoms with Gasteiger partial charge < -0.3 is 0 Å². The van der Waals surface area contributed by atoms with Crippen molar-refractivity contribution in [3.8, 4) is 0 Å². The number of anilines is 1. The highest BCUT2D eigenvalue weighted by atomic mass is 79.9. The molecule has 0 aliphatic heterocycles. The van der Waals surface area contributed by atoms with Gasteiger partial charge in [-0.25, -0.2) is 13.4 Å². The van der Waals surface area contributed by atoms with E-state index in [1.54, 1.807) is 0 Å². The van der Waals surface area contributed by atoms with Crippen molar-refractivity contribution in [1.82, 2.24) is 4.98 Å². The number of halogens is 2. The molecule has 2 aromatic rings. The van der Waals surface area contributed by atoms with E-state index in [-0.39, 0.29) is 10.7 Å². The molecule has 0 bridgehead atoms. The maximum absolute atomic E-state index is 12.2. The Bertz CT molecular complexity index is 796. The third kappa shape index (κ3) is 3.69. The second-order valence-electron chi connectivity index (χ2n) is 3.84. The van der Waals surface area contributed by atoms with Crippen molar-refractivity contribution in [1.29, 1.82) is 0 Å². The maximum atomic E-state index is 12.2. The Labute approximate surface area is 133 Å². The van der Waals surface area contributed by atoms with Crippen molar-refractivity contribution in [3.05, 3.63) is 56.3 Å². The van der Waals surface area contributed by atoms with Gasteiger partial charge in [0.1, 0.15) is 4.60 Å². The minimum Gasteiger partial charge on any atom is -0.278 e. The summed E-state index contributed by atoms with van der Waals surface area (Å²) in [4.78, 5) is 13.5. The molecule has 0 saturated heterocycles. The van der Waals surface area contributed by atoms with E-state index in [2.05, 4.69) is 25.6 Å². The second kappa shape index (κ2) is 5.96. The predicted molar refractivity (Wildman–Crippen MR) is 80.9 cm³/mol. The number of hydrogen-bond donors (Lipinski definition) is 1. The van der Waals surface area contributed by atoms with Gasteiger partial charge >= 0.3 is 0 Å². The normalized spacial score (nSPS) is 11.1. The quantitative estimate of drug-likeness (QED) is 0.489. The van der Waals surface area contributed by atoms with Crippen molar-refractivity contribution in [2.75, 3.05) is 4.72 Å². The number of sulfonamides is 1. The molecule has 0 aliphatic carbocycles. The average molecular weight is 393 g/mol. The minimum atomic E-state index is -4.12. The van der Waals surface area contributed by atoms with E-state index in [0.717, 1.165) is 12.1 Å². The maximum Gasteiger partial charge on any atom is 0.291 e. The Morgan fingerprint density at radius 3 is 2.57 bits per heavy atom. The number of nitrogens with zero attached hydrogens (tertiary/aromatic N) is 2. The molecule has 0 spiro atoms. The molecular weight excluding hydrogens is 386 g/mol. The number of rotatable bonds is 4. The van der Waals surface area contributed by atoms with Gasteiger partial charge in [-0.15, -0.1) is 0 Å². The lowest BCUT2D eigenvalue weighted by atomic mass is 10.3. The first-order valence-electron chi connectivity index (χ1n) is 5.38. The van der Waals surface area contributed by atoms with Crippen LogP contribution < -0.4 is 4.72 Å². The summed E-state index contributed by atoms with van der Waals surface area (Å²) >= 11 is 8.77. The summed E-state index contributed by atoms with van der Waals surface area (Å²) in [5, 5.41) is 11.0. The lowest BCUT2D eigenvalue weighted by Gasteiger charge is -2.08. The van der Waals surface area contributed by atoms with Crippen LogP contribution in [0.2, 0.25) is 5.02 Å². The van der Waals surface area contributed by atoms with Crippen LogP contribution in [0.15, 0.2) is 46.0 Å². The van der Waals surface area contributed by atoms with E-state index in [1.165, 1.54) is 24.4 Å². The highest BCUT2D eigenvalue weighted by Crippen LogP contribution is 2.28. The lowest BCUT2D eigenvalue weighted by molar-refractivity contribution is -0.387. The molecule has 0 saturated carbocycles. The van der Waals surface area contributed by atoms with E-state index in [9.17, 15) is 18.5 Å². The summed E-state index contributed by atoms with van der Waals surface area (Å²) in [6.07, 6.45) is 1.28. The molecule has 2 rings (SSSR count). The predicted octanol–water partition coefficient (Wildman–Crippen LogP) is 3.21. The monoisotopic (exact) mass is 391 g/mol.